The smallest absolute Gasteiger partial charge is 0.166 e. The van der Waals surface area contributed by atoms with Crippen LogP contribution >= 0.6 is 23.2 Å². The summed E-state index contributed by atoms with van der Waals surface area (Å²) in [4.78, 5) is 3.95. The second kappa shape index (κ2) is 7.86. The van der Waals surface area contributed by atoms with Crippen molar-refractivity contribution in [2.75, 3.05) is 0 Å². The van der Waals surface area contributed by atoms with E-state index in [-0.39, 0.29) is 5.15 Å². The highest BCUT2D eigenvalue weighted by molar-refractivity contribution is 6.40. The van der Waals surface area contributed by atoms with Crippen LogP contribution in [0.1, 0.15) is 11.3 Å². The zero-order chi connectivity index (χ0) is 18.6. The lowest BCUT2D eigenvalue weighted by atomic mass is 10.1. The van der Waals surface area contributed by atoms with Crippen LogP contribution in [0.3, 0.4) is 0 Å². The Morgan fingerprint density at radius 1 is 1.00 bits per heavy atom. The van der Waals surface area contributed by atoms with Gasteiger partial charge in [-0.05, 0) is 29.8 Å². The Bertz CT molecular complexity index is 1030. The van der Waals surface area contributed by atoms with Gasteiger partial charge in [0.1, 0.15) is 23.2 Å². The van der Waals surface area contributed by atoms with Crippen LogP contribution in [0.4, 0.5) is 0 Å². The van der Waals surface area contributed by atoms with Crippen molar-refractivity contribution in [1.29, 1.82) is 0 Å². The molecule has 0 aliphatic heterocycles. The molecule has 0 saturated heterocycles. The first-order valence-corrected chi connectivity index (χ1v) is 9.03. The highest BCUT2D eigenvalue weighted by atomic mass is 35.5. The summed E-state index contributed by atoms with van der Waals surface area (Å²) in [6.45, 7) is 0.937. The van der Waals surface area contributed by atoms with Gasteiger partial charge >= 0.3 is 0 Å². The summed E-state index contributed by atoms with van der Waals surface area (Å²) in [5.41, 5.74) is 2.80. The van der Waals surface area contributed by atoms with Crippen molar-refractivity contribution in [2.45, 2.75) is 13.2 Å². The maximum atomic E-state index is 6.07. The molecule has 0 aliphatic rings. The molecule has 2 aromatic heterocycles. The highest BCUT2D eigenvalue weighted by Gasteiger charge is 2.11. The minimum absolute atomic E-state index is 0.266. The lowest BCUT2D eigenvalue weighted by Crippen LogP contribution is -1.96. The van der Waals surface area contributed by atoms with E-state index in [1.165, 1.54) is 0 Å². The Kier molecular flexibility index (Phi) is 5.14. The van der Waals surface area contributed by atoms with Crippen LogP contribution in [-0.4, -0.2) is 14.7 Å². The first-order chi connectivity index (χ1) is 13.2. The molecule has 5 nitrogen and oxygen atoms in total. The minimum Gasteiger partial charge on any atom is -0.489 e. The van der Waals surface area contributed by atoms with Crippen molar-refractivity contribution in [3.63, 3.8) is 0 Å². The number of aromatic nitrogens is 3. The van der Waals surface area contributed by atoms with Crippen LogP contribution in [0, 0.1) is 0 Å². The average Bonchev–Trinajstić information content (AvgIpc) is 3.30. The van der Waals surface area contributed by atoms with Crippen LogP contribution in [0.15, 0.2) is 71.5 Å². The lowest BCUT2D eigenvalue weighted by molar-refractivity contribution is 0.306. The van der Waals surface area contributed by atoms with E-state index in [1.807, 2.05) is 60.7 Å². The third-order valence-corrected chi connectivity index (χ3v) is 4.79. The molecule has 0 radical (unpaired) electrons. The molecule has 4 aromatic rings. The van der Waals surface area contributed by atoms with Gasteiger partial charge in [0, 0.05) is 11.6 Å². The van der Waals surface area contributed by atoms with E-state index in [4.69, 9.17) is 32.5 Å². The average molecular weight is 400 g/mol. The largest absolute Gasteiger partial charge is 0.489 e. The molecule has 0 aliphatic carbocycles. The molecule has 0 atom stereocenters. The van der Waals surface area contributed by atoms with Gasteiger partial charge in [-0.3, -0.25) is 0 Å². The normalized spacial score (nSPS) is 10.9. The minimum atomic E-state index is 0.266. The van der Waals surface area contributed by atoms with Crippen LogP contribution in [0.25, 0.3) is 11.3 Å². The van der Waals surface area contributed by atoms with E-state index >= 15 is 0 Å². The topological polar surface area (TPSA) is 53.1 Å². The van der Waals surface area contributed by atoms with Gasteiger partial charge in [-0.15, -0.1) is 0 Å². The number of imidazole rings is 1. The van der Waals surface area contributed by atoms with E-state index in [9.17, 15) is 0 Å². The van der Waals surface area contributed by atoms with Crippen molar-refractivity contribution in [3.05, 3.63) is 88.6 Å². The van der Waals surface area contributed by atoms with Gasteiger partial charge in [-0.25, -0.2) is 4.98 Å². The third-order valence-electron chi connectivity index (χ3n) is 4.02. The number of nitrogens with zero attached hydrogens (tertiary/aromatic N) is 3. The molecular formula is C20H15Cl2N3O2. The van der Waals surface area contributed by atoms with Crippen LogP contribution in [0.5, 0.6) is 5.75 Å². The molecule has 0 amide bonds. The van der Waals surface area contributed by atoms with Crippen LogP contribution < -0.4 is 4.74 Å². The van der Waals surface area contributed by atoms with E-state index in [0.29, 0.717) is 24.1 Å². The Balaban J connectivity index is 1.42. The molecule has 0 saturated carbocycles. The Hall–Kier alpha value is -2.76. The summed E-state index contributed by atoms with van der Waals surface area (Å²) in [7, 11) is 0. The molecule has 0 fully saturated rings. The quantitative estimate of drug-likeness (QED) is 0.431. The number of rotatable bonds is 6. The number of ether oxygens (including phenoxy) is 1. The molecular weight excluding hydrogens is 385 g/mol. The molecule has 7 heteroatoms. The molecule has 2 aromatic carbocycles. The van der Waals surface area contributed by atoms with Crippen molar-refractivity contribution >= 4 is 23.2 Å². The first kappa shape index (κ1) is 17.6. The van der Waals surface area contributed by atoms with Gasteiger partial charge in [-0.2, -0.15) is 0 Å². The van der Waals surface area contributed by atoms with Gasteiger partial charge in [0.25, 0.3) is 0 Å². The first-order valence-electron chi connectivity index (χ1n) is 8.28. The van der Waals surface area contributed by atoms with E-state index < -0.39 is 0 Å². The Labute approximate surface area is 166 Å². The summed E-state index contributed by atoms with van der Waals surface area (Å²) in [6, 6.07) is 19.6. The number of halogens is 2. The number of hydrogen-bond donors (Lipinski definition) is 0. The summed E-state index contributed by atoms with van der Waals surface area (Å²) in [6.07, 6.45) is 1.56. The fraction of sp³-hybridized carbons (Fsp3) is 0.100. The van der Waals surface area contributed by atoms with E-state index in [0.717, 1.165) is 22.6 Å². The van der Waals surface area contributed by atoms with Crippen molar-refractivity contribution < 1.29 is 9.26 Å². The second-order valence-electron chi connectivity index (χ2n) is 5.93. The lowest BCUT2D eigenvalue weighted by Gasteiger charge is -2.06. The van der Waals surface area contributed by atoms with Gasteiger partial charge in [-0.1, -0.05) is 58.7 Å². The zero-order valence-electron chi connectivity index (χ0n) is 14.2. The molecule has 0 N–H and O–H groups in total. The molecule has 4 rings (SSSR count). The SMILES string of the molecule is Clc1ncn(Cc2cc(-c3ccc(OCc4ccccc4)cc3)no2)c1Cl. The molecule has 27 heavy (non-hydrogen) atoms. The van der Waals surface area contributed by atoms with Crippen molar-refractivity contribution in [2.24, 2.45) is 0 Å². The van der Waals surface area contributed by atoms with Gasteiger partial charge in [0.05, 0.1) is 12.9 Å². The fourth-order valence-electron chi connectivity index (χ4n) is 2.61. The zero-order valence-corrected chi connectivity index (χ0v) is 15.7. The summed E-state index contributed by atoms with van der Waals surface area (Å²) < 4.78 is 12.9. The van der Waals surface area contributed by atoms with Crippen molar-refractivity contribution in [3.8, 4) is 17.0 Å². The maximum Gasteiger partial charge on any atom is 0.166 e. The summed E-state index contributed by atoms with van der Waals surface area (Å²) in [5.74, 6) is 1.46. The number of benzene rings is 2. The highest BCUT2D eigenvalue weighted by Crippen LogP contribution is 2.25. The predicted octanol–water partition coefficient (Wildman–Crippen LogP) is 5.47. The maximum absolute atomic E-state index is 6.07. The summed E-state index contributed by atoms with van der Waals surface area (Å²) in [5, 5.41) is 4.75. The molecule has 0 spiro atoms. The Morgan fingerprint density at radius 2 is 1.78 bits per heavy atom. The van der Waals surface area contributed by atoms with Gasteiger partial charge in [0.2, 0.25) is 0 Å². The van der Waals surface area contributed by atoms with Crippen LogP contribution in [0.2, 0.25) is 10.3 Å². The molecule has 2 heterocycles. The van der Waals surface area contributed by atoms with Gasteiger partial charge in [0.15, 0.2) is 10.9 Å². The molecule has 0 unspecified atom stereocenters. The standard InChI is InChI=1S/C20H15Cl2N3O2/c21-19-20(22)25(13-23-19)11-17-10-18(24-27-17)15-6-8-16(9-7-15)26-12-14-4-2-1-3-5-14/h1-10,13H,11-12H2. The van der Waals surface area contributed by atoms with Crippen molar-refractivity contribution in [1.82, 2.24) is 14.7 Å². The fourth-order valence-corrected chi connectivity index (χ4v) is 2.91. The molecule has 0 bridgehead atoms. The van der Waals surface area contributed by atoms with Crippen LogP contribution in [-0.2, 0) is 13.2 Å². The third kappa shape index (κ3) is 4.15. The molecule has 136 valence electrons. The second-order valence-corrected chi connectivity index (χ2v) is 6.65. The summed E-state index contributed by atoms with van der Waals surface area (Å²) >= 11 is 11.9. The van der Waals surface area contributed by atoms with Gasteiger partial charge < -0.3 is 13.8 Å². The predicted molar refractivity (Wildman–Crippen MR) is 104 cm³/mol. The van der Waals surface area contributed by atoms with E-state index in [1.54, 1.807) is 10.9 Å². The number of hydrogen-bond acceptors (Lipinski definition) is 4. The van der Waals surface area contributed by atoms with E-state index in [2.05, 4.69) is 10.1 Å². The Morgan fingerprint density at radius 3 is 2.48 bits per heavy atom. The monoisotopic (exact) mass is 399 g/mol.